The Kier molecular flexibility index (Phi) is 7.47. The molecule has 178 valence electrons. The van der Waals surface area contributed by atoms with Crippen LogP contribution < -0.4 is 4.74 Å². The van der Waals surface area contributed by atoms with Gasteiger partial charge in [0.25, 0.3) is 0 Å². The number of carboxylic acid groups (broad SMARTS) is 1. The number of fused-ring (bicyclic) bond motifs is 1. The quantitative estimate of drug-likeness (QED) is 0.484. The van der Waals surface area contributed by atoms with Gasteiger partial charge in [0.05, 0.1) is 41.8 Å². The van der Waals surface area contributed by atoms with Crippen molar-refractivity contribution in [1.82, 2.24) is 9.88 Å². The first kappa shape index (κ1) is 24.1. The molecule has 2 N–H and O–H groups in total. The van der Waals surface area contributed by atoms with E-state index in [0.29, 0.717) is 49.1 Å². The maximum Gasteiger partial charge on any atom is 0.309 e. The molecule has 3 heterocycles. The minimum absolute atomic E-state index is 0.130. The first-order valence-electron chi connectivity index (χ1n) is 11.2. The summed E-state index contributed by atoms with van der Waals surface area (Å²) in [7, 11) is 1.51. The molecule has 1 fully saturated rings. The first-order valence-corrected chi connectivity index (χ1v) is 12.1. The average molecular weight is 483 g/mol. The van der Waals surface area contributed by atoms with Crippen LogP contribution in [0.15, 0.2) is 41.9 Å². The van der Waals surface area contributed by atoms with Gasteiger partial charge in [0.15, 0.2) is 0 Å². The Bertz CT molecular complexity index is 1210. The Morgan fingerprint density at radius 1 is 1.35 bits per heavy atom. The van der Waals surface area contributed by atoms with Gasteiger partial charge in [-0.2, -0.15) is 0 Å². The number of aliphatic hydroxyl groups excluding tert-OH is 1. The molecular formula is C26H27FN2O4S. The monoisotopic (exact) mass is 482 g/mol. The van der Waals surface area contributed by atoms with Crippen molar-refractivity contribution in [2.24, 2.45) is 5.41 Å². The number of carbonyl (C=O) groups is 1. The summed E-state index contributed by atoms with van der Waals surface area (Å²) in [6.07, 6.45) is 1.26. The number of methoxy groups -OCH3 is 1. The standard InChI is InChI=1S/C26H27FN2O4S/c1-33-18-6-7-22-20(16-18)24(21(27)17-28-22)23(30)8-9-26(25(31)32)10-13-29(14-11-26)12-2-4-19-5-3-15-34-19/h3,5-7,15-17,23,30H,8-14H2,1H3,(H,31,32). The lowest BCUT2D eigenvalue weighted by molar-refractivity contribution is -0.153. The van der Waals surface area contributed by atoms with E-state index in [1.165, 1.54) is 7.11 Å². The molecule has 34 heavy (non-hydrogen) atoms. The molecule has 1 saturated heterocycles. The summed E-state index contributed by atoms with van der Waals surface area (Å²) in [4.78, 5) is 19.5. The number of rotatable bonds is 7. The number of aromatic nitrogens is 1. The molecule has 1 aromatic carbocycles. The molecule has 4 rings (SSSR count). The molecule has 1 unspecified atom stereocenters. The summed E-state index contributed by atoms with van der Waals surface area (Å²) in [5.41, 5.74) is -0.276. The second-order valence-corrected chi connectivity index (χ2v) is 9.55. The van der Waals surface area contributed by atoms with Crippen LogP contribution in [-0.4, -0.2) is 52.8 Å². The number of carboxylic acids is 1. The first-order chi connectivity index (χ1) is 16.4. The van der Waals surface area contributed by atoms with Gasteiger partial charge in [0, 0.05) is 24.0 Å². The summed E-state index contributed by atoms with van der Waals surface area (Å²) in [6.45, 7) is 1.82. The van der Waals surface area contributed by atoms with Crippen LogP contribution in [0.2, 0.25) is 0 Å². The van der Waals surface area contributed by atoms with Gasteiger partial charge in [-0.05, 0) is 55.3 Å². The van der Waals surface area contributed by atoms with Gasteiger partial charge in [0.2, 0.25) is 0 Å². The predicted octanol–water partition coefficient (Wildman–Crippen LogP) is 4.48. The van der Waals surface area contributed by atoms with Crippen LogP contribution in [0.1, 0.15) is 42.2 Å². The normalized spacial score (nSPS) is 16.6. The zero-order valence-electron chi connectivity index (χ0n) is 19.0. The molecule has 1 aliphatic rings. The van der Waals surface area contributed by atoms with Gasteiger partial charge in [-0.3, -0.25) is 14.7 Å². The fourth-order valence-electron chi connectivity index (χ4n) is 4.49. The van der Waals surface area contributed by atoms with Gasteiger partial charge in [-0.1, -0.05) is 17.9 Å². The van der Waals surface area contributed by atoms with Crippen molar-refractivity contribution in [1.29, 1.82) is 0 Å². The van der Waals surface area contributed by atoms with Gasteiger partial charge in [-0.25, -0.2) is 4.39 Å². The van der Waals surface area contributed by atoms with Crippen molar-refractivity contribution in [3.05, 3.63) is 58.2 Å². The number of nitrogens with zero attached hydrogens (tertiary/aromatic N) is 2. The number of piperidine rings is 1. The van der Waals surface area contributed by atoms with E-state index >= 15 is 0 Å². The maximum absolute atomic E-state index is 14.7. The van der Waals surface area contributed by atoms with Crippen LogP contribution in [0.3, 0.4) is 0 Å². The summed E-state index contributed by atoms with van der Waals surface area (Å²) < 4.78 is 19.9. The predicted molar refractivity (Wildman–Crippen MR) is 129 cm³/mol. The number of hydrogen-bond acceptors (Lipinski definition) is 6. The highest BCUT2D eigenvalue weighted by Crippen LogP contribution is 2.40. The molecule has 1 aliphatic heterocycles. The van der Waals surface area contributed by atoms with Gasteiger partial charge in [0.1, 0.15) is 11.6 Å². The van der Waals surface area contributed by atoms with Crippen LogP contribution >= 0.6 is 11.3 Å². The number of aliphatic hydroxyl groups is 1. The smallest absolute Gasteiger partial charge is 0.309 e. The Morgan fingerprint density at radius 2 is 2.15 bits per heavy atom. The fourth-order valence-corrected chi connectivity index (χ4v) is 5.08. The number of likely N-dealkylation sites (tertiary alicyclic amines) is 1. The third kappa shape index (κ3) is 5.22. The average Bonchev–Trinajstić information content (AvgIpc) is 3.36. The molecule has 0 aliphatic carbocycles. The lowest BCUT2D eigenvalue weighted by Crippen LogP contribution is -2.44. The fraction of sp³-hybridized carbons (Fsp3) is 0.385. The molecule has 2 aromatic heterocycles. The van der Waals surface area contributed by atoms with Crippen LogP contribution in [0.4, 0.5) is 4.39 Å². The molecular weight excluding hydrogens is 455 g/mol. The Balaban J connectivity index is 1.43. The number of hydrogen-bond donors (Lipinski definition) is 2. The van der Waals surface area contributed by atoms with Crippen molar-refractivity contribution in [3.8, 4) is 17.6 Å². The molecule has 6 nitrogen and oxygen atoms in total. The molecule has 0 amide bonds. The zero-order chi connectivity index (χ0) is 24.1. The minimum Gasteiger partial charge on any atom is -0.497 e. The van der Waals surface area contributed by atoms with Crippen LogP contribution in [-0.2, 0) is 4.79 Å². The van der Waals surface area contributed by atoms with Crippen LogP contribution in [0, 0.1) is 23.1 Å². The highest BCUT2D eigenvalue weighted by atomic mass is 32.1. The number of halogens is 1. The van der Waals surface area contributed by atoms with E-state index in [9.17, 15) is 19.4 Å². The van der Waals surface area contributed by atoms with E-state index in [1.54, 1.807) is 29.5 Å². The van der Waals surface area contributed by atoms with E-state index in [4.69, 9.17) is 4.74 Å². The van der Waals surface area contributed by atoms with E-state index < -0.39 is 23.3 Å². The van der Waals surface area contributed by atoms with Crippen molar-refractivity contribution in [3.63, 3.8) is 0 Å². The summed E-state index contributed by atoms with van der Waals surface area (Å²) in [5, 5.41) is 23.4. The van der Waals surface area contributed by atoms with Crippen LogP contribution in [0.5, 0.6) is 5.75 Å². The third-order valence-electron chi connectivity index (χ3n) is 6.60. The number of benzene rings is 1. The van der Waals surface area contributed by atoms with E-state index in [1.807, 2.05) is 17.5 Å². The SMILES string of the molecule is COc1ccc2ncc(F)c(C(O)CCC3(C(=O)O)CCN(CC#Cc4cccs4)CC3)c2c1. The van der Waals surface area contributed by atoms with Gasteiger partial charge >= 0.3 is 5.97 Å². The van der Waals surface area contributed by atoms with Crippen molar-refractivity contribution >= 4 is 28.2 Å². The Labute approximate surface area is 202 Å². The van der Waals surface area contributed by atoms with Crippen molar-refractivity contribution < 1.29 is 24.1 Å². The molecule has 8 heteroatoms. The number of ether oxygens (including phenoxy) is 1. The highest BCUT2D eigenvalue weighted by Gasteiger charge is 2.41. The molecule has 0 bridgehead atoms. The highest BCUT2D eigenvalue weighted by molar-refractivity contribution is 7.10. The number of thiophene rings is 1. The molecule has 3 aromatic rings. The number of aliphatic carboxylic acids is 1. The van der Waals surface area contributed by atoms with Crippen molar-refractivity contribution in [2.75, 3.05) is 26.7 Å². The van der Waals surface area contributed by atoms with E-state index in [2.05, 4.69) is 21.7 Å². The third-order valence-corrected chi connectivity index (χ3v) is 7.39. The molecule has 1 atom stereocenters. The van der Waals surface area contributed by atoms with Gasteiger partial charge < -0.3 is 14.9 Å². The maximum atomic E-state index is 14.7. The van der Waals surface area contributed by atoms with Gasteiger partial charge in [-0.15, -0.1) is 11.3 Å². The Morgan fingerprint density at radius 3 is 2.82 bits per heavy atom. The second-order valence-electron chi connectivity index (χ2n) is 8.60. The van der Waals surface area contributed by atoms with E-state index in [0.717, 1.165) is 11.1 Å². The molecule has 0 spiro atoms. The minimum atomic E-state index is -1.15. The second kappa shape index (κ2) is 10.5. The summed E-state index contributed by atoms with van der Waals surface area (Å²) in [6, 6.07) is 9.01. The van der Waals surface area contributed by atoms with E-state index in [-0.39, 0.29) is 18.4 Å². The topological polar surface area (TPSA) is 82.9 Å². The zero-order valence-corrected chi connectivity index (χ0v) is 19.8. The lowest BCUT2D eigenvalue weighted by Gasteiger charge is -2.38. The molecule has 0 radical (unpaired) electrons. The largest absolute Gasteiger partial charge is 0.497 e. The summed E-state index contributed by atoms with van der Waals surface area (Å²) >= 11 is 1.59. The van der Waals surface area contributed by atoms with Crippen LogP contribution in [0.25, 0.3) is 10.9 Å². The van der Waals surface area contributed by atoms with Crippen molar-refractivity contribution in [2.45, 2.75) is 31.8 Å². The lowest BCUT2D eigenvalue weighted by atomic mass is 9.74. The number of pyridine rings is 1. The molecule has 0 saturated carbocycles. The summed E-state index contributed by atoms with van der Waals surface area (Å²) in [5.74, 6) is 5.34. The Hall–Kier alpha value is -2.99.